The van der Waals surface area contributed by atoms with Crippen LogP contribution in [0.3, 0.4) is 0 Å². The third-order valence-electron chi connectivity index (χ3n) is 4.49. The summed E-state index contributed by atoms with van der Waals surface area (Å²) in [7, 11) is -2.50. The summed E-state index contributed by atoms with van der Waals surface area (Å²) in [6, 6.07) is 15.3. The van der Waals surface area contributed by atoms with Gasteiger partial charge in [-0.2, -0.15) is 5.10 Å². The van der Waals surface area contributed by atoms with Crippen molar-refractivity contribution in [3.63, 3.8) is 0 Å². The van der Waals surface area contributed by atoms with Gasteiger partial charge in [-0.15, -0.1) is 0 Å². The Morgan fingerprint density at radius 2 is 1.80 bits per heavy atom. The third-order valence-corrected chi connectivity index (χ3v) is 5.68. The van der Waals surface area contributed by atoms with Gasteiger partial charge in [0.05, 0.1) is 22.0 Å². The maximum absolute atomic E-state index is 11.6. The molecule has 0 aliphatic heterocycles. The molecule has 0 atom stereocenters. The number of sulfonamides is 1. The minimum absolute atomic E-state index is 0.0123. The van der Waals surface area contributed by atoms with Gasteiger partial charge in [-0.25, -0.2) is 23.3 Å². The number of aromatic nitrogens is 2. The van der Waals surface area contributed by atoms with Crippen molar-refractivity contribution in [2.45, 2.75) is 24.2 Å². The summed E-state index contributed by atoms with van der Waals surface area (Å²) < 4.78 is 24.7. The number of hydrogen-bond acceptors (Lipinski definition) is 5. The molecule has 0 fully saturated rings. The van der Waals surface area contributed by atoms with E-state index in [1.165, 1.54) is 19.2 Å². The van der Waals surface area contributed by atoms with Crippen LogP contribution < -0.4 is 5.14 Å². The molecule has 3 rings (SSSR count). The normalized spacial score (nSPS) is 11.5. The van der Waals surface area contributed by atoms with Crippen molar-refractivity contribution in [1.29, 1.82) is 0 Å². The van der Waals surface area contributed by atoms with Crippen molar-refractivity contribution in [3.8, 4) is 16.9 Å². The molecule has 0 aliphatic rings. The highest BCUT2D eigenvalue weighted by atomic mass is 35.5. The smallest absolute Gasteiger partial charge is 0.245 e. The molecule has 3 aromatic rings. The molecule has 0 aliphatic carbocycles. The zero-order chi connectivity index (χ0) is 21.9. The van der Waals surface area contributed by atoms with Crippen molar-refractivity contribution in [2.75, 3.05) is 7.05 Å². The number of hydroxylamine groups is 2. The highest BCUT2D eigenvalue weighted by molar-refractivity contribution is 7.89. The van der Waals surface area contributed by atoms with Crippen LogP contribution in [0.4, 0.5) is 0 Å². The number of benzene rings is 2. The van der Waals surface area contributed by atoms with E-state index >= 15 is 0 Å². The third kappa shape index (κ3) is 5.25. The second-order valence-corrected chi connectivity index (χ2v) is 8.75. The number of nitrogens with zero attached hydrogens (tertiary/aromatic N) is 3. The van der Waals surface area contributed by atoms with Crippen LogP contribution in [0.5, 0.6) is 0 Å². The molecule has 0 unspecified atom stereocenters. The number of amides is 1. The lowest BCUT2D eigenvalue weighted by atomic mass is 10.1. The molecule has 30 heavy (non-hydrogen) atoms. The lowest BCUT2D eigenvalue weighted by Gasteiger charge is -2.08. The minimum Gasteiger partial charge on any atom is -0.286 e. The van der Waals surface area contributed by atoms with Gasteiger partial charge in [0.25, 0.3) is 0 Å². The molecule has 1 aromatic heterocycles. The number of hydrogen-bond donors (Lipinski definition) is 2. The van der Waals surface area contributed by atoms with Crippen LogP contribution in [0.25, 0.3) is 16.9 Å². The minimum atomic E-state index is -3.79. The van der Waals surface area contributed by atoms with Gasteiger partial charge in [-0.3, -0.25) is 10.0 Å². The fraction of sp³-hybridized carbons (Fsp3) is 0.200. The second kappa shape index (κ2) is 8.97. The van der Waals surface area contributed by atoms with Crippen LogP contribution in [0.15, 0.2) is 59.5 Å². The Morgan fingerprint density at radius 3 is 2.37 bits per heavy atom. The number of primary sulfonamides is 1. The molecule has 1 heterocycles. The first-order valence-electron chi connectivity index (χ1n) is 9.09. The van der Waals surface area contributed by atoms with Gasteiger partial charge in [0.2, 0.25) is 15.9 Å². The van der Waals surface area contributed by atoms with Crippen molar-refractivity contribution in [3.05, 3.63) is 65.3 Å². The quantitative estimate of drug-likeness (QED) is 0.425. The Hall–Kier alpha value is -2.72. The monoisotopic (exact) mass is 448 g/mol. The van der Waals surface area contributed by atoms with Crippen molar-refractivity contribution in [2.24, 2.45) is 5.14 Å². The van der Waals surface area contributed by atoms with Crippen LogP contribution in [-0.2, 0) is 21.2 Å². The van der Waals surface area contributed by atoms with Crippen molar-refractivity contribution in [1.82, 2.24) is 14.8 Å². The number of rotatable bonds is 7. The predicted octanol–water partition coefficient (Wildman–Crippen LogP) is 3.01. The highest BCUT2D eigenvalue weighted by Crippen LogP contribution is 2.26. The first kappa shape index (κ1) is 22.0. The molecule has 10 heteroatoms. The van der Waals surface area contributed by atoms with Gasteiger partial charge < -0.3 is 0 Å². The largest absolute Gasteiger partial charge is 0.286 e. The topological polar surface area (TPSA) is 119 Å². The molecular formula is C20H21ClN4O4S. The average molecular weight is 449 g/mol. The van der Waals surface area contributed by atoms with E-state index in [-0.39, 0.29) is 17.2 Å². The second-order valence-electron chi connectivity index (χ2n) is 6.75. The average Bonchev–Trinajstić information content (AvgIpc) is 3.12. The fourth-order valence-corrected chi connectivity index (χ4v) is 3.58. The fourth-order valence-electron chi connectivity index (χ4n) is 2.93. The van der Waals surface area contributed by atoms with Crippen molar-refractivity contribution < 1.29 is 18.4 Å². The Balaban J connectivity index is 1.94. The lowest BCUT2D eigenvalue weighted by Crippen LogP contribution is -2.22. The molecule has 1 amide bonds. The van der Waals surface area contributed by atoms with Gasteiger partial charge in [0.15, 0.2) is 0 Å². The summed E-state index contributed by atoms with van der Waals surface area (Å²) in [5, 5.41) is 20.1. The van der Waals surface area contributed by atoms with E-state index in [2.05, 4.69) is 5.10 Å². The standard InChI is InChI=1S/C20H21ClN4O4S/c1-24(27)20(26)4-2-3-16-13-19(14-5-7-15(21)8-6-14)25(23-16)17-9-11-18(12-10-17)30(22,28)29/h5-13,27H,2-4H2,1H3,(H2,22,28,29). The predicted molar refractivity (Wildman–Crippen MR) is 113 cm³/mol. The first-order chi connectivity index (χ1) is 14.1. The number of nitrogens with two attached hydrogens (primary N) is 1. The molecule has 8 nitrogen and oxygen atoms in total. The summed E-state index contributed by atoms with van der Waals surface area (Å²) in [6.07, 6.45) is 1.24. The van der Waals surface area contributed by atoms with E-state index < -0.39 is 10.0 Å². The van der Waals surface area contributed by atoms with Gasteiger partial charge >= 0.3 is 0 Å². The summed E-state index contributed by atoms with van der Waals surface area (Å²) in [5.74, 6) is -0.369. The summed E-state index contributed by atoms with van der Waals surface area (Å²) in [4.78, 5) is 11.6. The number of halogens is 1. The van der Waals surface area contributed by atoms with E-state index in [1.54, 1.807) is 28.9 Å². The maximum atomic E-state index is 11.6. The van der Waals surface area contributed by atoms with E-state index in [9.17, 15) is 13.2 Å². The molecule has 0 saturated heterocycles. The molecule has 2 aromatic carbocycles. The Kier molecular flexibility index (Phi) is 6.57. The number of carbonyl (C=O) groups excluding carboxylic acids is 1. The molecule has 0 bridgehead atoms. The SMILES string of the molecule is CN(O)C(=O)CCCc1cc(-c2ccc(Cl)cc2)n(-c2ccc(S(N)(=O)=O)cc2)n1. The van der Waals surface area contributed by atoms with Crippen molar-refractivity contribution >= 4 is 27.5 Å². The molecule has 158 valence electrons. The van der Waals surface area contributed by atoms with Crippen LogP contribution in [0.1, 0.15) is 18.5 Å². The zero-order valence-electron chi connectivity index (χ0n) is 16.2. The summed E-state index contributed by atoms with van der Waals surface area (Å²) in [5.41, 5.74) is 3.07. The van der Waals surface area contributed by atoms with E-state index in [4.69, 9.17) is 21.9 Å². The number of carbonyl (C=O) groups is 1. The van der Waals surface area contributed by atoms with Gasteiger partial charge in [0.1, 0.15) is 0 Å². The molecule has 0 saturated carbocycles. The Bertz CT molecular complexity index is 1140. The maximum Gasteiger partial charge on any atom is 0.245 e. The van der Waals surface area contributed by atoms with Gasteiger partial charge in [0, 0.05) is 24.1 Å². The summed E-state index contributed by atoms with van der Waals surface area (Å²) >= 11 is 6.00. The van der Waals surface area contributed by atoms with E-state index in [0.29, 0.717) is 28.6 Å². The van der Waals surface area contributed by atoms with Gasteiger partial charge in [-0.1, -0.05) is 23.7 Å². The molecule has 0 radical (unpaired) electrons. The van der Waals surface area contributed by atoms with E-state index in [0.717, 1.165) is 17.0 Å². The molecular weight excluding hydrogens is 428 g/mol. The summed E-state index contributed by atoms with van der Waals surface area (Å²) in [6.45, 7) is 0. The number of aryl methyl sites for hydroxylation is 1. The van der Waals surface area contributed by atoms with Crippen LogP contribution in [-0.4, -0.2) is 41.4 Å². The molecule has 0 spiro atoms. The molecule has 3 N–H and O–H groups in total. The Morgan fingerprint density at radius 1 is 1.17 bits per heavy atom. The van der Waals surface area contributed by atoms with Crippen LogP contribution >= 0.6 is 11.6 Å². The van der Waals surface area contributed by atoms with Gasteiger partial charge in [-0.05, 0) is 55.3 Å². The van der Waals surface area contributed by atoms with Crippen LogP contribution in [0.2, 0.25) is 5.02 Å². The van der Waals surface area contributed by atoms with E-state index in [1.807, 2.05) is 18.2 Å². The lowest BCUT2D eigenvalue weighted by molar-refractivity contribution is -0.159. The zero-order valence-corrected chi connectivity index (χ0v) is 17.8. The first-order valence-corrected chi connectivity index (χ1v) is 11.0. The van der Waals surface area contributed by atoms with Crippen LogP contribution in [0, 0.1) is 0 Å². The Labute approximate surface area is 179 Å². The highest BCUT2D eigenvalue weighted by Gasteiger charge is 2.14.